The Morgan fingerprint density at radius 2 is 1.63 bits per heavy atom. The fourth-order valence-electron chi connectivity index (χ4n) is 3.95. The van der Waals surface area contributed by atoms with E-state index < -0.39 is 6.04 Å². The number of carbonyl (C=O) groups excluding carboxylic acids is 1. The molecule has 6 heteroatoms. The van der Waals surface area contributed by atoms with Crippen LogP contribution < -0.4 is 10.3 Å². The molecule has 0 N–H and O–H groups in total. The van der Waals surface area contributed by atoms with E-state index in [4.69, 9.17) is 27.6 Å². The van der Waals surface area contributed by atoms with Gasteiger partial charge in [-0.05, 0) is 60.5 Å². The predicted molar refractivity (Wildman–Crippen MR) is 119 cm³/mol. The highest BCUT2D eigenvalue weighted by Gasteiger charge is 2.43. The molecule has 3 aromatic carbocycles. The Balaban J connectivity index is 1.83. The molecule has 4 nitrogen and oxygen atoms in total. The summed E-state index contributed by atoms with van der Waals surface area (Å²) in [6.07, 6.45) is 0. The Labute approximate surface area is 182 Å². The summed E-state index contributed by atoms with van der Waals surface area (Å²) in [7, 11) is 0. The topological polar surface area (TPSA) is 50.5 Å². The molecule has 0 radical (unpaired) electrons. The van der Waals surface area contributed by atoms with Gasteiger partial charge in [-0.2, -0.15) is 0 Å². The van der Waals surface area contributed by atoms with Crippen LogP contribution in [0.2, 0.25) is 10.0 Å². The summed E-state index contributed by atoms with van der Waals surface area (Å²) in [6.45, 7) is 1.95. The second kappa shape index (κ2) is 7.01. The summed E-state index contributed by atoms with van der Waals surface area (Å²) in [6, 6.07) is 18.9. The third-order valence-corrected chi connectivity index (χ3v) is 5.78. The zero-order valence-electron chi connectivity index (χ0n) is 15.9. The van der Waals surface area contributed by atoms with Crippen LogP contribution in [0.25, 0.3) is 11.0 Å². The highest BCUT2D eigenvalue weighted by molar-refractivity contribution is 6.31. The van der Waals surface area contributed by atoms with Crippen molar-refractivity contribution in [1.29, 1.82) is 0 Å². The number of nitrogens with zero attached hydrogens (tertiary/aromatic N) is 1. The van der Waals surface area contributed by atoms with E-state index in [0.29, 0.717) is 32.3 Å². The van der Waals surface area contributed by atoms with Crippen LogP contribution in [0, 0.1) is 6.92 Å². The van der Waals surface area contributed by atoms with Crippen LogP contribution in [-0.2, 0) is 0 Å². The van der Waals surface area contributed by atoms with Gasteiger partial charge in [0, 0.05) is 15.7 Å². The molecule has 1 atom stereocenters. The van der Waals surface area contributed by atoms with E-state index in [-0.39, 0.29) is 17.1 Å². The second-order valence-electron chi connectivity index (χ2n) is 7.28. The average molecular weight is 436 g/mol. The van der Waals surface area contributed by atoms with E-state index in [9.17, 15) is 9.59 Å². The minimum Gasteiger partial charge on any atom is -0.450 e. The summed E-state index contributed by atoms with van der Waals surface area (Å²) in [5.41, 5.74) is 2.82. The van der Waals surface area contributed by atoms with Gasteiger partial charge < -0.3 is 4.42 Å². The first-order valence-corrected chi connectivity index (χ1v) is 10.1. The summed E-state index contributed by atoms with van der Waals surface area (Å²) in [5, 5.41) is 1.35. The zero-order valence-corrected chi connectivity index (χ0v) is 17.4. The van der Waals surface area contributed by atoms with Gasteiger partial charge in [0.2, 0.25) is 5.76 Å². The maximum atomic E-state index is 13.5. The van der Waals surface area contributed by atoms with E-state index in [0.717, 1.165) is 11.1 Å². The number of fused-ring (bicyclic) bond motifs is 2. The number of halogens is 2. The maximum Gasteiger partial charge on any atom is 0.295 e. The lowest BCUT2D eigenvalue weighted by atomic mass is 9.98. The number of carbonyl (C=O) groups is 1. The minimum atomic E-state index is -0.633. The van der Waals surface area contributed by atoms with E-state index >= 15 is 0 Å². The molecule has 2 heterocycles. The Morgan fingerprint density at radius 1 is 0.900 bits per heavy atom. The van der Waals surface area contributed by atoms with Crippen LogP contribution in [0.4, 0.5) is 5.69 Å². The Hall–Kier alpha value is -3.08. The Kier molecular flexibility index (Phi) is 4.42. The van der Waals surface area contributed by atoms with Gasteiger partial charge >= 0.3 is 0 Å². The zero-order chi connectivity index (χ0) is 21.0. The lowest BCUT2D eigenvalue weighted by Crippen LogP contribution is -2.29. The molecule has 0 fully saturated rings. The number of aryl methyl sites for hydroxylation is 1. The third-order valence-electron chi connectivity index (χ3n) is 5.30. The number of anilines is 1. The van der Waals surface area contributed by atoms with Gasteiger partial charge in [0.05, 0.1) is 17.0 Å². The van der Waals surface area contributed by atoms with Crippen LogP contribution >= 0.6 is 23.2 Å². The lowest BCUT2D eigenvalue weighted by molar-refractivity contribution is 0.0971. The fraction of sp³-hybridized carbons (Fsp3) is 0.0833. The van der Waals surface area contributed by atoms with Gasteiger partial charge in [-0.1, -0.05) is 47.5 Å². The normalized spacial score (nSPS) is 15.6. The predicted octanol–water partition coefficient (Wildman–Crippen LogP) is 6.16. The quantitative estimate of drug-likeness (QED) is 0.378. The number of hydrogen-bond donors (Lipinski definition) is 0. The standard InChI is InChI=1S/C24H15Cl2NO3/c1-13-3-2-4-17(11-13)27-21(14-5-7-15(25)8-6-14)20-22(28)18-12-16(26)9-10-19(18)30-23(20)24(27)29/h2-12,21H,1H3. The molecule has 0 aliphatic carbocycles. The molecule has 1 unspecified atom stereocenters. The van der Waals surface area contributed by atoms with Crippen LogP contribution in [-0.4, -0.2) is 5.91 Å². The molecular formula is C24H15Cl2NO3. The van der Waals surface area contributed by atoms with Crippen LogP contribution in [0.15, 0.2) is 75.9 Å². The van der Waals surface area contributed by atoms with Gasteiger partial charge in [0.25, 0.3) is 5.91 Å². The molecule has 148 valence electrons. The molecule has 1 aromatic heterocycles. The highest BCUT2D eigenvalue weighted by Crippen LogP contribution is 2.41. The van der Waals surface area contributed by atoms with Gasteiger partial charge in [-0.3, -0.25) is 14.5 Å². The largest absolute Gasteiger partial charge is 0.450 e. The molecule has 1 aliphatic rings. The van der Waals surface area contributed by atoms with Gasteiger partial charge in [0.15, 0.2) is 5.43 Å². The van der Waals surface area contributed by atoms with Crippen LogP contribution in [0.3, 0.4) is 0 Å². The molecule has 5 rings (SSSR count). The molecule has 0 saturated heterocycles. The maximum absolute atomic E-state index is 13.5. The molecule has 0 spiro atoms. The number of rotatable bonds is 2. The van der Waals surface area contributed by atoms with Crippen molar-refractivity contribution in [3.8, 4) is 0 Å². The van der Waals surface area contributed by atoms with Crippen LogP contribution in [0.5, 0.6) is 0 Å². The third kappa shape index (κ3) is 2.92. The highest BCUT2D eigenvalue weighted by atomic mass is 35.5. The first kappa shape index (κ1) is 18.9. The number of benzene rings is 3. The second-order valence-corrected chi connectivity index (χ2v) is 8.16. The van der Waals surface area contributed by atoms with Crippen molar-refractivity contribution in [2.75, 3.05) is 4.90 Å². The number of hydrogen-bond acceptors (Lipinski definition) is 3. The lowest BCUT2D eigenvalue weighted by Gasteiger charge is -2.25. The van der Waals surface area contributed by atoms with Gasteiger partial charge in [-0.15, -0.1) is 0 Å². The minimum absolute atomic E-state index is 0.0521. The van der Waals surface area contributed by atoms with E-state index in [1.807, 2.05) is 43.3 Å². The first-order valence-electron chi connectivity index (χ1n) is 9.36. The molecule has 30 heavy (non-hydrogen) atoms. The van der Waals surface area contributed by atoms with Crippen molar-refractivity contribution in [3.05, 3.63) is 109 Å². The van der Waals surface area contributed by atoms with Crippen molar-refractivity contribution < 1.29 is 9.21 Å². The molecule has 4 aromatic rings. The molecule has 1 aliphatic heterocycles. The molecular weight excluding hydrogens is 421 g/mol. The summed E-state index contributed by atoms with van der Waals surface area (Å²) in [4.78, 5) is 28.6. The van der Waals surface area contributed by atoms with Gasteiger partial charge in [-0.25, -0.2) is 0 Å². The van der Waals surface area contributed by atoms with Crippen molar-refractivity contribution in [2.45, 2.75) is 13.0 Å². The van der Waals surface area contributed by atoms with Gasteiger partial charge in [0.1, 0.15) is 5.58 Å². The average Bonchev–Trinajstić information content (AvgIpc) is 3.02. The van der Waals surface area contributed by atoms with E-state index in [1.54, 1.807) is 35.2 Å². The van der Waals surface area contributed by atoms with Crippen LogP contribution in [0.1, 0.15) is 33.3 Å². The summed E-state index contributed by atoms with van der Waals surface area (Å²) >= 11 is 12.2. The molecule has 1 amide bonds. The number of amides is 1. The van der Waals surface area contributed by atoms with E-state index in [1.165, 1.54) is 0 Å². The fourth-order valence-corrected chi connectivity index (χ4v) is 4.25. The Bertz CT molecular complexity index is 1380. The Morgan fingerprint density at radius 3 is 2.37 bits per heavy atom. The van der Waals surface area contributed by atoms with Crippen molar-refractivity contribution >= 4 is 45.8 Å². The van der Waals surface area contributed by atoms with E-state index in [2.05, 4.69) is 0 Å². The summed E-state index contributed by atoms with van der Waals surface area (Å²) < 4.78 is 5.93. The SMILES string of the molecule is Cc1cccc(N2C(=O)c3oc4ccc(Cl)cc4c(=O)c3C2c2ccc(Cl)cc2)c1. The van der Waals surface area contributed by atoms with Crippen molar-refractivity contribution in [2.24, 2.45) is 0 Å². The molecule has 0 bridgehead atoms. The van der Waals surface area contributed by atoms with Crippen molar-refractivity contribution in [3.63, 3.8) is 0 Å². The summed E-state index contributed by atoms with van der Waals surface area (Å²) in [5.74, 6) is -0.305. The monoisotopic (exact) mass is 435 g/mol. The van der Waals surface area contributed by atoms with Crippen molar-refractivity contribution in [1.82, 2.24) is 0 Å². The smallest absolute Gasteiger partial charge is 0.295 e. The molecule has 0 saturated carbocycles. The first-order chi connectivity index (χ1) is 14.4.